The molecule has 0 fully saturated rings. The summed E-state index contributed by atoms with van der Waals surface area (Å²) in [6.45, 7) is -0.395. The Hall–Kier alpha value is -0.310. The predicted molar refractivity (Wildman–Crippen MR) is 56.2 cm³/mol. The van der Waals surface area contributed by atoms with Gasteiger partial charge in [-0.15, -0.1) is 12.4 Å². The first kappa shape index (κ1) is 12.7. The van der Waals surface area contributed by atoms with Gasteiger partial charge in [0, 0.05) is 11.1 Å². The molecule has 0 saturated heterocycles. The number of alkyl halides is 1. The maximum Gasteiger partial charge on any atom is 0.0912 e. The van der Waals surface area contributed by atoms with E-state index in [0.717, 1.165) is 5.56 Å². The van der Waals surface area contributed by atoms with Crippen molar-refractivity contribution in [2.75, 3.05) is 6.67 Å². The van der Waals surface area contributed by atoms with Gasteiger partial charge in [-0.1, -0.05) is 23.7 Å². The van der Waals surface area contributed by atoms with Gasteiger partial charge in [0.2, 0.25) is 0 Å². The van der Waals surface area contributed by atoms with Crippen molar-refractivity contribution in [3.8, 4) is 0 Å². The fourth-order valence-electron chi connectivity index (χ4n) is 1.02. The Balaban J connectivity index is 0.00000144. The average molecular weight is 224 g/mol. The molecule has 2 N–H and O–H groups in total. The van der Waals surface area contributed by atoms with Crippen LogP contribution in [0.5, 0.6) is 0 Å². The molecular weight excluding hydrogens is 212 g/mol. The summed E-state index contributed by atoms with van der Waals surface area (Å²) >= 11 is 5.74. The Bertz CT molecular complexity index is 255. The van der Waals surface area contributed by atoms with Crippen LogP contribution in [0.2, 0.25) is 5.02 Å². The summed E-state index contributed by atoms with van der Waals surface area (Å²) in [7, 11) is 0. The fourth-order valence-corrected chi connectivity index (χ4v) is 1.22. The largest absolute Gasteiger partial charge is 0.324 e. The molecule has 0 aliphatic heterocycles. The topological polar surface area (TPSA) is 26.0 Å². The first-order valence-corrected chi connectivity index (χ1v) is 4.19. The number of rotatable bonds is 3. The molecule has 1 aromatic carbocycles. The van der Waals surface area contributed by atoms with E-state index in [1.54, 1.807) is 12.1 Å². The van der Waals surface area contributed by atoms with Crippen LogP contribution in [0.4, 0.5) is 4.39 Å². The van der Waals surface area contributed by atoms with Crippen molar-refractivity contribution in [1.29, 1.82) is 0 Å². The van der Waals surface area contributed by atoms with Crippen LogP contribution < -0.4 is 5.73 Å². The van der Waals surface area contributed by atoms with Gasteiger partial charge in [0.25, 0.3) is 0 Å². The van der Waals surface area contributed by atoms with Gasteiger partial charge in [-0.25, -0.2) is 0 Å². The monoisotopic (exact) mass is 223 g/mol. The SMILES string of the molecule is Cl.N[C@H](CCF)c1cccc(Cl)c1. The third-order valence-corrected chi connectivity index (χ3v) is 1.93. The third kappa shape index (κ3) is 3.94. The van der Waals surface area contributed by atoms with E-state index in [1.807, 2.05) is 12.1 Å². The van der Waals surface area contributed by atoms with E-state index < -0.39 is 6.67 Å². The smallest absolute Gasteiger partial charge is 0.0912 e. The number of hydrogen-bond donors (Lipinski definition) is 1. The molecule has 0 saturated carbocycles. The molecule has 0 spiro atoms. The predicted octanol–water partition coefficient (Wildman–Crippen LogP) is 3.12. The molecule has 1 rings (SSSR count). The maximum absolute atomic E-state index is 11.9. The molecule has 0 bridgehead atoms. The van der Waals surface area contributed by atoms with Crippen molar-refractivity contribution in [3.63, 3.8) is 0 Å². The minimum absolute atomic E-state index is 0. The summed E-state index contributed by atoms with van der Waals surface area (Å²) in [4.78, 5) is 0. The highest BCUT2D eigenvalue weighted by Crippen LogP contribution is 2.18. The fraction of sp³-hybridized carbons (Fsp3) is 0.333. The number of benzene rings is 1. The Labute approximate surface area is 88.5 Å². The van der Waals surface area contributed by atoms with Gasteiger partial charge in [-0.2, -0.15) is 0 Å². The van der Waals surface area contributed by atoms with Crippen LogP contribution in [0.15, 0.2) is 24.3 Å². The summed E-state index contributed by atoms with van der Waals surface area (Å²) in [6.07, 6.45) is 0.348. The normalized spacial score (nSPS) is 11.9. The van der Waals surface area contributed by atoms with Crippen LogP contribution in [0.1, 0.15) is 18.0 Å². The van der Waals surface area contributed by atoms with Crippen LogP contribution in [0.3, 0.4) is 0 Å². The molecule has 1 nitrogen and oxygen atoms in total. The molecule has 0 aliphatic rings. The molecule has 0 aliphatic carbocycles. The number of halogens is 3. The molecule has 13 heavy (non-hydrogen) atoms. The van der Waals surface area contributed by atoms with E-state index in [2.05, 4.69) is 0 Å². The summed E-state index contributed by atoms with van der Waals surface area (Å²) in [6, 6.07) is 6.96. The highest BCUT2D eigenvalue weighted by atomic mass is 35.5. The van der Waals surface area contributed by atoms with Gasteiger partial charge in [0.1, 0.15) is 0 Å². The summed E-state index contributed by atoms with van der Waals surface area (Å²) in [5.41, 5.74) is 6.56. The zero-order valence-corrected chi connectivity index (χ0v) is 8.61. The number of hydrogen-bond acceptors (Lipinski definition) is 1. The number of nitrogens with two attached hydrogens (primary N) is 1. The van der Waals surface area contributed by atoms with Crippen molar-refractivity contribution in [3.05, 3.63) is 34.9 Å². The first-order valence-electron chi connectivity index (χ1n) is 3.81. The second-order valence-corrected chi connectivity index (χ2v) is 3.08. The lowest BCUT2D eigenvalue weighted by molar-refractivity contribution is 0.442. The molecule has 0 aromatic heterocycles. The molecule has 0 unspecified atom stereocenters. The van der Waals surface area contributed by atoms with Gasteiger partial charge in [-0.3, -0.25) is 4.39 Å². The Kier molecular flexibility index (Phi) is 6.04. The highest BCUT2D eigenvalue weighted by Gasteiger charge is 2.04. The third-order valence-electron chi connectivity index (χ3n) is 1.70. The van der Waals surface area contributed by atoms with E-state index in [0.29, 0.717) is 11.4 Å². The quantitative estimate of drug-likeness (QED) is 0.838. The standard InChI is InChI=1S/C9H11ClFN.ClH/c10-8-3-1-2-7(6-8)9(12)4-5-11;/h1-3,6,9H,4-5,12H2;1H/t9-;/m1./s1. The molecule has 1 atom stereocenters. The minimum atomic E-state index is -0.395. The van der Waals surface area contributed by atoms with E-state index in [9.17, 15) is 4.39 Å². The zero-order valence-electron chi connectivity index (χ0n) is 7.04. The van der Waals surface area contributed by atoms with Crippen molar-refractivity contribution in [2.45, 2.75) is 12.5 Å². The van der Waals surface area contributed by atoms with Crippen LogP contribution in [0.25, 0.3) is 0 Å². The maximum atomic E-state index is 11.9. The molecular formula is C9H12Cl2FN. The molecule has 4 heteroatoms. The molecule has 0 amide bonds. The lowest BCUT2D eigenvalue weighted by Gasteiger charge is -2.09. The van der Waals surface area contributed by atoms with Crippen molar-refractivity contribution in [1.82, 2.24) is 0 Å². The molecule has 74 valence electrons. The zero-order chi connectivity index (χ0) is 8.97. The Morgan fingerprint density at radius 3 is 2.69 bits per heavy atom. The van der Waals surface area contributed by atoms with Gasteiger partial charge >= 0.3 is 0 Å². The van der Waals surface area contributed by atoms with E-state index in [-0.39, 0.29) is 18.4 Å². The Morgan fingerprint density at radius 1 is 1.46 bits per heavy atom. The first-order chi connectivity index (χ1) is 5.74. The second kappa shape index (κ2) is 6.19. The Morgan fingerprint density at radius 2 is 2.15 bits per heavy atom. The van der Waals surface area contributed by atoms with Gasteiger partial charge in [0.15, 0.2) is 0 Å². The van der Waals surface area contributed by atoms with Crippen molar-refractivity contribution >= 4 is 24.0 Å². The molecule has 0 heterocycles. The van der Waals surface area contributed by atoms with Gasteiger partial charge < -0.3 is 5.73 Å². The lowest BCUT2D eigenvalue weighted by atomic mass is 10.1. The van der Waals surface area contributed by atoms with E-state index >= 15 is 0 Å². The van der Waals surface area contributed by atoms with Crippen LogP contribution in [-0.2, 0) is 0 Å². The molecule has 0 radical (unpaired) electrons. The van der Waals surface area contributed by atoms with E-state index in [4.69, 9.17) is 17.3 Å². The van der Waals surface area contributed by atoms with Gasteiger partial charge in [0.05, 0.1) is 6.67 Å². The summed E-state index contributed by atoms with van der Waals surface area (Å²) < 4.78 is 11.9. The summed E-state index contributed by atoms with van der Waals surface area (Å²) in [5, 5.41) is 0.641. The lowest BCUT2D eigenvalue weighted by Crippen LogP contribution is -2.10. The van der Waals surface area contributed by atoms with Crippen LogP contribution >= 0.6 is 24.0 Å². The highest BCUT2D eigenvalue weighted by molar-refractivity contribution is 6.30. The van der Waals surface area contributed by atoms with E-state index in [1.165, 1.54) is 0 Å². The van der Waals surface area contributed by atoms with Gasteiger partial charge in [-0.05, 0) is 24.1 Å². The molecule has 1 aromatic rings. The second-order valence-electron chi connectivity index (χ2n) is 2.64. The minimum Gasteiger partial charge on any atom is -0.324 e. The van der Waals surface area contributed by atoms with Crippen molar-refractivity contribution in [2.24, 2.45) is 5.73 Å². The van der Waals surface area contributed by atoms with Crippen LogP contribution in [0, 0.1) is 0 Å². The summed E-state index contributed by atoms with van der Waals surface area (Å²) in [5.74, 6) is 0. The average Bonchev–Trinajstić information content (AvgIpc) is 2.05. The van der Waals surface area contributed by atoms with Crippen LogP contribution in [-0.4, -0.2) is 6.67 Å². The van der Waals surface area contributed by atoms with Crippen molar-refractivity contribution < 1.29 is 4.39 Å².